The van der Waals surface area contributed by atoms with Gasteiger partial charge in [-0.3, -0.25) is 0 Å². The topological polar surface area (TPSA) is 47.3 Å². The first-order valence-electron chi connectivity index (χ1n) is 7.85. The minimum atomic E-state index is -0.0722. The third-order valence-corrected chi connectivity index (χ3v) is 4.16. The maximum absolute atomic E-state index is 9.59. The first kappa shape index (κ1) is 15.6. The monoisotopic (exact) mass is 310 g/mol. The van der Waals surface area contributed by atoms with E-state index in [1.807, 2.05) is 35.8 Å². The summed E-state index contributed by atoms with van der Waals surface area (Å²) in [7, 11) is 0. The molecular formula is C19H22N2O2. The Morgan fingerprint density at radius 3 is 2.61 bits per heavy atom. The van der Waals surface area contributed by atoms with Gasteiger partial charge in [-0.25, -0.2) is 4.98 Å². The Labute approximate surface area is 136 Å². The fourth-order valence-electron chi connectivity index (χ4n) is 2.76. The predicted molar refractivity (Wildman–Crippen MR) is 91.8 cm³/mol. The van der Waals surface area contributed by atoms with Crippen LogP contribution in [0, 0.1) is 20.8 Å². The molecule has 0 fully saturated rings. The average molecular weight is 310 g/mol. The van der Waals surface area contributed by atoms with E-state index < -0.39 is 0 Å². The fourth-order valence-corrected chi connectivity index (χ4v) is 2.76. The molecule has 1 N–H and O–H groups in total. The molecule has 4 heteroatoms. The van der Waals surface area contributed by atoms with Crippen molar-refractivity contribution in [3.63, 3.8) is 0 Å². The molecule has 0 aliphatic carbocycles. The smallest absolute Gasteiger partial charge is 0.135 e. The summed E-state index contributed by atoms with van der Waals surface area (Å²) < 4.78 is 7.87. The second-order valence-corrected chi connectivity index (χ2v) is 5.93. The van der Waals surface area contributed by atoms with E-state index in [2.05, 4.69) is 31.0 Å². The number of aliphatic hydroxyl groups excluding tert-OH is 1. The quantitative estimate of drug-likeness (QED) is 0.784. The van der Waals surface area contributed by atoms with Crippen LogP contribution < -0.4 is 4.74 Å². The maximum Gasteiger partial charge on any atom is 0.135 e. The standard InChI is InChI=1S/C19H22N2O2/c1-13-5-4-6-16(9-13)23-8-7-21-18-11-15(3)14(2)10-17(18)20-19(21)12-22/h4-6,9-11,22H,7-8,12H2,1-3H3. The first-order valence-corrected chi connectivity index (χ1v) is 7.85. The molecule has 23 heavy (non-hydrogen) atoms. The van der Waals surface area contributed by atoms with Gasteiger partial charge in [-0.15, -0.1) is 0 Å². The zero-order chi connectivity index (χ0) is 16.4. The highest BCUT2D eigenvalue weighted by Crippen LogP contribution is 2.21. The van der Waals surface area contributed by atoms with Gasteiger partial charge in [-0.05, 0) is 61.7 Å². The number of aromatic nitrogens is 2. The van der Waals surface area contributed by atoms with Crippen LogP contribution >= 0.6 is 0 Å². The highest BCUT2D eigenvalue weighted by Gasteiger charge is 2.11. The molecule has 120 valence electrons. The highest BCUT2D eigenvalue weighted by molar-refractivity contribution is 5.78. The van der Waals surface area contributed by atoms with E-state index in [-0.39, 0.29) is 6.61 Å². The van der Waals surface area contributed by atoms with Crippen LogP contribution in [0.2, 0.25) is 0 Å². The molecule has 1 heterocycles. The van der Waals surface area contributed by atoms with Gasteiger partial charge >= 0.3 is 0 Å². The molecule has 0 spiro atoms. The van der Waals surface area contributed by atoms with Crippen molar-refractivity contribution in [1.82, 2.24) is 9.55 Å². The minimum absolute atomic E-state index is 0.0722. The molecule has 0 atom stereocenters. The van der Waals surface area contributed by atoms with Crippen LogP contribution in [0.4, 0.5) is 0 Å². The van der Waals surface area contributed by atoms with Crippen LogP contribution in [0.1, 0.15) is 22.5 Å². The van der Waals surface area contributed by atoms with Crippen LogP contribution in [0.15, 0.2) is 36.4 Å². The first-order chi connectivity index (χ1) is 11.1. The Bertz CT molecular complexity index is 837. The summed E-state index contributed by atoms with van der Waals surface area (Å²) in [5.41, 5.74) is 5.58. The van der Waals surface area contributed by atoms with Gasteiger partial charge in [0, 0.05) is 0 Å². The Morgan fingerprint density at radius 2 is 1.87 bits per heavy atom. The van der Waals surface area contributed by atoms with Gasteiger partial charge in [0.05, 0.1) is 17.6 Å². The molecule has 0 bridgehead atoms. The summed E-state index contributed by atoms with van der Waals surface area (Å²) in [5.74, 6) is 1.55. The summed E-state index contributed by atoms with van der Waals surface area (Å²) in [6.07, 6.45) is 0. The molecule has 3 rings (SSSR count). The predicted octanol–water partition coefficient (Wildman–Crippen LogP) is 3.53. The summed E-state index contributed by atoms with van der Waals surface area (Å²) in [4.78, 5) is 4.53. The fraction of sp³-hybridized carbons (Fsp3) is 0.316. The van der Waals surface area contributed by atoms with Gasteiger partial charge in [0.1, 0.15) is 24.8 Å². The largest absolute Gasteiger partial charge is 0.492 e. The lowest BCUT2D eigenvalue weighted by Crippen LogP contribution is -2.11. The number of aryl methyl sites for hydroxylation is 3. The Morgan fingerprint density at radius 1 is 1.09 bits per heavy atom. The Balaban J connectivity index is 1.82. The van der Waals surface area contributed by atoms with E-state index in [0.29, 0.717) is 19.0 Å². The molecule has 2 aromatic carbocycles. The number of ether oxygens (including phenoxy) is 1. The van der Waals surface area contributed by atoms with E-state index in [1.54, 1.807) is 0 Å². The summed E-state index contributed by atoms with van der Waals surface area (Å²) in [5, 5.41) is 9.59. The van der Waals surface area contributed by atoms with E-state index in [0.717, 1.165) is 16.8 Å². The van der Waals surface area contributed by atoms with E-state index in [4.69, 9.17) is 4.74 Å². The van der Waals surface area contributed by atoms with E-state index >= 15 is 0 Å². The van der Waals surface area contributed by atoms with Crippen LogP contribution in [-0.4, -0.2) is 21.3 Å². The van der Waals surface area contributed by atoms with Gasteiger partial charge in [0.2, 0.25) is 0 Å². The van der Waals surface area contributed by atoms with Gasteiger partial charge in [0.15, 0.2) is 0 Å². The number of imidazole rings is 1. The Hall–Kier alpha value is -2.33. The number of nitrogens with zero attached hydrogens (tertiary/aromatic N) is 2. The molecule has 0 unspecified atom stereocenters. The van der Waals surface area contributed by atoms with Crippen molar-refractivity contribution in [1.29, 1.82) is 0 Å². The van der Waals surface area contributed by atoms with Crippen molar-refractivity contribution in [2.45, 2.75) is 33.9 Å². The molecular weight excluding hydrogens is 288 g/mol. The number of aliphatic hydroxyl groups is 1. The molecule has 0 saturated heterocycles. The lowest BCUT2D eigenvalue weighted by atomic mass is 10.1. The Kier molecular flexibility index (Phi) is 4.35. The highest BCUT2D eigenvalue weighted by atomic mass is 16.5. The van der Waals surface area contributed by atoms with Crippen molar-refractivity contribution in [3.8, 4) is 5.75 Å². The number of benzene rings is 2. The lowest BCUT2D eigenvalue weighted by Gasteiger charge is -2.11. The van der Waals surface area contributed by atoms with Gasteiger partial charge in [-0.1, -0.05) is 12.1 Å². The number of fused-ring (bicyclic) bond motifs is 1. The number of rotatable bonds is 5. The zero-order valence-electron chi connectivity index (χ0n) is 13.8. The molecule has 0 aliphatic rings. The number of hydrogen-bond acceptors (Lipinski definition) is 3. The van der Waals surface area contributed by atoms with Crippen molar-refractivity contribution in [2.24, 2.45) is 0 Å². The normalized spacial score (nSPS) is 11.1. The van der Waals surface area contributed by atoms with Crippen LogP contribution in [0.3, 0.4) is 0 Å². The van der Waals surface area contributed by atoms with Gasteiger partial charge < -0.3 is 14.4 Å². The summed E-state index contributed by atoms with van der Waals surface area (Å²) >= 11 is 0. The SMILES string of the molecule is Cc1cccc(OCCn2c(CO)nc3cc(C)c(C)cc32)c1. The van der Waals surface area contributed by atoms with Crippen molar-refractivity contribution >= 4 is 11.0 Å². The second kappa shape index (κ2) is 6.42. The van der Waals surface area contributed by atoms with Crippen LogP contribution in [-0.2, 0) is 13.2 Å². The molecule has 3 aromatic rings. The molecule has 0 saturated carbocycles. The van der Waals surface area contributed by atoms with E-state index in [9.17, 15) is 5.11 Å². The zero-order valence-corrected chi connectivity index (χ0v) is 13.8. The lowest BCUT2D eigenvalue weighted by molar-refractivity contribution is 0.255. The summed E-state index contributed by atoms with van der Waals surface area (Å²) in [6, 6.07) is 12.2. The molecule has 0 amide bonds. The van der Waals surface area contributed by atoms with Crippen LogP contribution in [0.25, 0.3) is 11.0 Å². The summed E-state index contributed by atoms with van der Waals surface area (Å²) in [6.45, 7) is 7.33. The van der Waals surface area contributed by atoms with Crippen LogP contribution in [0.5, 0.6) is 5.75 Å². The second-order valence-electron chi connectivity index (χ2n) is 5.93. The molecule has 0 radical (unpaired) electrons. The van der Waals surface area contributed by atoms with E-state index in [1.165, 1.54) is 16.7 Å². The average Bonchev–Trinajstić information content (AvgIpc) is 2.85. The van der Waals surface area contributed by atoms with Crippen molar-refractivity contribution < 1.29 is 9.84 Å². The minimum Gasteiger partial charge on any atom is -0.492 e. The molecule has 0 aliphatic heterocycles. The van der Waals surface area contributed by atoms with Crippen molar-refractivity contribution in [2.75, 3.05) is 6.61 Å². The maximum atomic E-state index is 9.59. The van der Waals surface area contributed by atoms with Gasteiger partial charge in [-0.2, -0.15) is 0 Å². The molecule has 4 nitrogen and oxygen atoms in total. The molecule has 1 aromatic heterocycles. The third kappa shape index (κ3) is 3.22. The number of hydrogen-bond donors (Lipinski definition) is 1. The van der Waals surface area contributed by atoms with Gasteiger partial charge in [0.25, 0.3) is 0 Å². The third-order valence-electron chi connectivity index (χ3n) is 4.16. The van der Waals surface area contributed by atoms with Crippen molar-refractivity contribution in [3.05, 3.63) is 58.9 Å².